The Morgan fingerprint density at radius 3 is 2.65 bits per heavy atom. The van der Waals surface area contributed by atoms with Gasteiger partial charge in [0.15, 0.2) is 11.5 Å². The fourth-order valence-electron chi connectivity index (χ4n) is 2.78. The first kappa shape index (κ1) is 22.2. The number of hydrazine groups is 1. The molecule has 3 aromatic rings. The SMILES string of the molecule is COc1cc(C(=O)NNC(=O)Cc2nc3sc(C)c(C)c3c(=O)[nH]2)ccc1OC(F)F. The molecular weight excluding hydrogens is 434 g/mol. The molecule has 0 radical (unpaired) electrons. The summed E-state index contributed by atoms with van der Waals surface area (Å²) >= 11 is 1.36. The number of carbonyl (C=O) groups excluding carboxylic acids is 2. The van der Waals surface area contributed by atoms with Crippen LogP contribution in [0.1, 0.15) is 26.6 Å². The first-order valence-corrected chi connectivity index (χ1v) is 9.72. The number of hydrogen-bond acceptors (Lipinski definition) is 7. The molecule has 0 aliphatic rings. The van der Waals surface area contributed by atoms with Crippen molar-refractivity contribution in [3.05, 3.63) is 50.4 Å². The zero-order valence-electron chi connectivity index (χ0n) is 16.7. The zero-order valence-corrected chi connectivity index (χ0v) is 17.5. The van der Waals surface area contributed by atoms with E-state index < -0.39 is 18.4 Å². The number of nitrogens with one attached hydrogen (secondary N) is 3. The van der Waals surface area contributed by atoms with Crippen molar-refractivity contribution >= 4 is 33.4 Å². The lowest BCUT2D eigenvalue weighted by Crippen LogP contribution is -2.42. The van der Waals surface area contributed by atoms with Gasteiger partial charge in [0.2, 0.25) is 5.91 Å². The number of amides is 2. The maximum atomic E-state index is 12.4. The molecule has 9 nitrogen and oxygen atoms in total. The molecule has 31 heavy (non-hydrogen) atoms. The minimum Gasteiger partial charge on any atom is -0.493 e. The fourth-order valence-corrected chi connectivity index (χ4v) is 3.83. The number of carbonyl (C=O) groups is 2. The Bertz CT molecular complexity index is 1210. The number of thiophene rings is 1. The summed E-state index contributed by atoms with van der Waals surface area (Å²) in [6.07, 6.45) is -0.272. The topological polar surface area (TPSA) is 122 Å². The highest BCUT2D eigenvalue weighted by atomic mass is 32.1. The number of alkyl halides is 2. The molecule has 12 heteroatoms. The standard InChI is InChI=1S/C19H18F2N4O5S/c1-8-9(2)31-18-15(8)17(28)22-13(23-18)7-14(26)24-25-16(27)10-4-5-11(30-19(20)21)12(6-10)29-3/h4-6,19H,7H2,1-3H3,(H,24,26)(H,25,27)(H,22,23,28). The van der Waals surface area contributed by atoms with E-state index in [0.29, 0.717) is 10.2 Å². The van der Waals surface area contributed by atoms with E-state index in [0.717, 1.165) is 16.5 Å². The molecule has 2 amide bonds. The van der Waals surface area contributed by atoms with Gasteiger partial charge in [-0.2, -0.15) is 8.78 Å². The van der Waals surface area contributed by atoms with Crippen LogP contribution in [0.3, 0.4) is 0 Å². The number of halogens is 2. The van der Waals surface area contributed by atoms with E-state index in [1.807, 2.05) is 13.8 Å². The van der Waals surface area contributed by atoms with Crippen molar-refractivity contribution in [1.29, 1.82) is 0 Å². The van der Waals surface area contributed by atoms with E-state index in [1.165, 1.54) is 30.6 Å². The van der Waals surface area contributed by atoms with Crippen molar-refractivity contribution in [2.75, 3.05) is 7.11 Å². The average Bonchev–Trinajstić information content (AvgIpc) is 2.99. The Morgan fingerprint density at radius 1 is 1.23 bits per heavy atom. The normalized spacial score (nSPS) is 10.9. The van der Waals surface area contributed by atoms with Crippen LogP contribution in [0.5, 0.6) is 11.5 Å². The third-order valence-corrected chi connectivity index (χ3v) is 5.47. The molecule has 0 aliphatic carbocycles. The summed E-state index contributed by atoms with van der Waals surface area (Å²) < 4.78 is 34.0. The van der Waals surface area contributed by atoms with Crippen molar-refractivity contribution in [2.24, 2.45) is 0 Å². The molecule has 0 spiro atoms. The van der Waals surface area contributed by atoms with Gasteiger partial charge in [-0.3, -0.25) is 25.2 Å². The van der Waals surface area contributed by atoms with Gasteiger partial charge in [-0.1, -0.05) is 0 Å². The van der Waals surface area contributed by atoms with Crippen LogP contribution in [0.4, 0.5) is 8.78 Å². The van der Waals surface area contributed by atoms with Crippen LogP contribution in [0.25, 0.3) is 10.2 Å². The number of aromatic nitrogens is 2. The predicted molar refractivity (Wildman–Crippen MR) is 109 cm³/mol. The molecule has 3 N–H and O–H groups in total. The number of fused-ring (bicyclic) bond motifs is 1. The Morgan fingerprint density at radius 2 is 1.97 bits per heavy atom. The quantitative estimate of drug-likeness (QED) is 0.493. The minimum absolute atomic E-state index is 0.0382. The number of ether oxygens (including phenoxy) is 2. The van der Waals surface area contributed by atoms with Gasteiger partial charge in [0.05, 0.1) is 18.9 Å². The molecule has 0 unspecified atom stereocenters. The van der Waals surface area contributed by atoms with Gasteiger partial charge in [-0.15, -0.1) is 11.3 Å². The molecule has 0 saturated carbocycles. The van der Waals surface area contributed by atoms with Crippen LogP contribution >= 0.6 is 11.3 Å². The van der Waals surface area contributed by atoms with Crippen LogP contribution in [-0.4, -0.2) is 35.5 Å². The summed E-state index contributed by atoms with van der Waals surface area (Å²) in [5.41, 5.74) is 4.95. The maximum absolute atomic E-state index is 12.4. The van der Waals surface area contributed by atoms with Gasteiger partial charge in [0.1, 0.15) is 10.7 Å². The van der Waals surface area contributed by atoms with Crippen molar-refractivity contribution in [2.45, 2.75) is 26.9 Å². The maximum Gasteiger partial charge on any atom is 0.387 e. The molecule has 164 valence electrons. The summed E-state index contributed by atoms with van der Waals surface area (Å²) in [5, 5.41) is 0.494. The van der Waals surface area contributed by atoms with E-state index in [9.17, 15) is 23.2 Å². The molecule has 0 atom stereocenters. The number of aromatic amines is 1. The Kier molecular flexibility index (Phi) is 6.49. The van der Waals surface area contributed by atoms with Crippen LogP contribution in [0.15, 0.2) is 23.0 Å². The molecule has 0 fully saturated rings. The third-order valence-electron chi connectivity index (χ3n) is 4.37. The third kappa shape index (κ3) is 4.97. The smallest absolute Gasteiger partial charge is 0.387 e. The lowest BCUT2D eigenvalue weighted by molar-refractivity contribution is -0.121. The van der Waals surface area contributed by atoms with Crippen LogP contribution in [0.2, 0.25) is 0 Å². The first-order valence-electron chi connectivity index (χ1n) is 8.90. The van der Waals surface area contributed by atoms with E-state index in [-0.39, 0.29) is 34.9 Å². The van der Waals surface area contributed by atoms with Crippen LogP contribution in [0, 0.1) is 13.8 Å². The number of nitrogens with zero attached hydrogens (tertiary/aromatic N) is 1. The van der Waals surface area contributed by atoms with E-state index in [2.05, 4.69) is 25.6 Å². The minimum atomic E-state index is -3.05. The van der Waals surface area contributed by atoms with Crippen LogP contribution < -0.4 is 25.9 Å². The van der Waals surface area contributed by atoms with Crippen molar-refractivity contribution in [3.63, 3.8) is 0 Å². The lowest BCUT2D eigenvalue weighted by Gasteiger charge is -2.12. The largest absolute Gasteiger partial charge is 0.493 e. The molecule has 0 saturated heterocycles. The van der Waals surface area contributed by atoms with Crippen molar-refractivity contribution < 1.29 is 27.8 Å². The zero-order chi connectivity index (χ0) is 22.7. The molecule has 2 heterocycles. The summed E-state index contributed by atoms with van der Waals surface area (Å²) in [6, 6.07) is 3.57. The monoisotopic (exact) mass is 452 g/mol. The number of rotatable bonds is 6. The van der Waals surface area contributed by atoms with Crippen molar-refractivity contribution in [3.8, 4) is 11.5 Å². The Labute approximate surface area is 178 Å². The second-order valence-electron chi connectivity index (χ2n) is 6.40. The number of H-pyrrole nitrogens is 1. The highest BCUT2D eigenvalue weighted by Crippen LogP contribution is 2.29. The van der Waals surface area contributed by atoms with E-state index in [4.69, 9.17) is 4.74 Å². The van der Waals surface area contributed by atoms with Gasteiger partial charge >= 0.3 is 6.61 Å². The summed E-state index contributed by atoms with van der Waals surface area (Å²) in [5.74, 6) is -1.48. The fraction of sp³-hybridized carbons (Fsp3) is 0.263. The molecule has 0 bridgehead atoms. The summed E-state index contributed by atoms with van der Waals surface area (Å²) in [6.45, 7) is 0.660. The van der Waals surface area contributed by atoms with Crippen LogP contribution in [-0.2, 0) is 11.2 Å². The summed E-state index contributed by atoms with van der Waals surface area (Å²) in [7, 11) is 1.23. The van der Waals surface area contributed by atoms with Crippen molar-refractivity contribution in [1.82, 2.24) is 20.8 Å². The van der Waals surface area contributed by atoms with E-state index >= 15 is 0 Å². The number of hydrogen-bond donors (Lipinski definition) is 3. The second-order valence-corrected chi connectivity index (χ2v) is 7.60. The Balaban J connectivity index is 1.65. The van der Waals surface area contributed by atoms with E-state index in [1.54, 1.807) is 0 Å². The molecule has 2 aromatic heterocycles. The van der Waals surface area contributed by atoms with Gasteiger partial charge in [0.25, 0.3) is 11.5 Å². The summed E-state index contributed by atoms with van der Waals surface area (Å²) in [4.78, 5) is 45.0. The average molecular weight is 452 g/mol. The highest BCUT2D eigenvalue weighted by Gasteiger charge is 2.16. The van der Waals surface area contributed by atoms with Gasteiger partial charge in [0, 0.05) is 10.4 Å². The molecular formula is C19H18F2N4O5S. The number of benzene rings is 1. The number of methoxy groups -OCH3 is 1. The second kappa shape index (κ2) is 9.08. The lowest BCUT2D eigenvalue weighted by atomic mass is 10.2. The highest BCUT2D eigenvalue weighted by molar-refractivity contribution is 7.18. The van der Waals surface area contributed by atoms with Gasteiger partial charge < -0.3 is 14.5 Å². The van der Waals surface area contributed by atoms with Gasteiger partial charge in [-0.05, 0) is 37.6 Å². The van der Waals surface area contributed by atoms with Gasteiger partial charge in [-0.25, -0.2) is 4.98 Å². The Hall–Kier alpha value is -3.54. The predicted octanol–water partition coefficient (Wildman–Crippen LogP) is 2.22. The molecule has 0 aliphatic heterocycles. The first-order chi connectivity index (χ1) is 14.7. The molecule has 1 aromatic carbocycles. The number of aryl methyl sites for hydroxylation is 2. The molecule has 3 rings (SSSR count).